The zero-order chi connectivity index (χ0) is 12.4. The average molecular weight is 256 g/mol. The minimum atomic E-state index is -0.0840. The molecule has 1 aliphatic heterocycles. The quantitative estimate of drug-likeness (QED) is 0.848. The zero-order valence-electron chi connectivity index (χ0n) is 10.4. The smallest absolute Gasteiger partial charge is 0.129 e. The molecule has 1 atom stereocenters. The molecule has 1 heterocycles. The van der Waals surface area contributed by atoms with E-state index in [4.69, 9.17) is 11.6 Å². The summed E-state index contributed by atoms with van der Waals surface area (Å²) in [6, 6.07) is 2.11. The van der Waals surface area contributed by atoms with E-state index in [9.17, 15) is 4.39 Å². The molecule has 1 unspecified atom stereocenters. The van der Waals surface area contributed by atoms with Gasteiger partial charge in [0.2, 0.25) is 0 Å². The number of rotatable bonds is 2. The number of nitrogens with one attached hydrogen (secondary N) is 1. The molecule has 1 saturated heterocycles. The maximum Gasteiger partial charge on any atom is 0.129 e. The zero-order valence-corrected chi connectivity index (χ0v) is 11.2. The molecule has 0 aliphatic carbocycles. The highest BCUT2D eigenvalue weighted by molar-refractivity contribution is 6.31. The highest BCUT2D eigenvalue weighted by Gasteiger charge is 2.18. The summed E-state index contributed by atoms with van der Waals surface area (Å²) in [5, 5.41) is 4.13. The van der Waals surface area contributed by atoms with Gasteiger partial charge in [-0.3, -0.25) is 0 Å². The lowest BCUT2D eigenvalue weighted by Gasteiger charge is -2.24. The van der Waals surface area contributed by atoms with Crippen LogP contribution in [0.15, 0.2) is 6.07 Å². The van der Waals surface area contributed by atoms with Crippen molar-refractivity contribution in [2.24, 2.45) is 0 Å². The number of hydrogen-bond donors (Lipinski definition) is 1. The van der Waals surface area contributed by atoms with Crippen LogP contribution in [0, 0.1) is 19.7 Å². The van der Waals surface area contributed by atoms with Gasteiger partial charge in [-0.15, -0.1) is 0 Å². The highest BCUT2D eigenvalue weighted by atomic mass is 35.5. The van der Waals surface area contributed by atoms with Crippen molar-refractivity contribution in [2.45, 2.75) is 45.6 Å². The van der Waals surface area contributed by atoms with Crippen LogP contribution in [0.5, 0.6) is 0 Å². The topological polar surface area (TPSA) is 12.0 Å². The first-order valence-corrected chi connectivity index (χ1v) is 6.65. The molecule has 0 saturated carbocycles. The molecule has 1 aromatic rings. The average Bonchev–Trinajstić information content (AvgIpc) is 2.33. The summed E-state index contributed by atoms with van der Waals surface area (Å²) >= 11 is 6.12. The van der Waals surface area contributed by atoms with Crippen LogP contribution in [0.4, 0.5) is 4.39 Å². The molecule has 2 rings (SSSR count). The standard InChI is InChI=1S/C14H19ClFN/c1-9-7-13(15)10(2)12(14(9)16)8-11-5-3-4-6-17-11/h7,11,17H,3-6,8H2,1-2H3. The molecule has 0 aromatic heterocycles. The molecule has 17 heavy (non-hydrogen) atoms. The first-order chi connectivity index (χ1) is 8.09. The second-order valence-corrected chi connectivity index (χ2v) is 5.35. The van der Waals surface area contributed by atoms with Gasteiger partial charge in [0.1, 0.15) is 5.82 Å². The van der Waals surface area contributed by atoms with E-state index in [0.717, 1.165) is 30.5 Å². The van der Waals surface area contributed by atoms with Crippen molar-refractivity contribution in [3.8, 4) is 0 Å². The Bertz CT molecular complexity index is 385. The van der Waals surface area contributed by atoms with Crippen LogP contribution in [0.1, 0.15) is 36.0 Å². The first kappa shape index (κ1) is 12.8. The molecule has 1 nitrogen and oxygen atoms in total. The molecule has 0 radical (unpaired) electrons. The van der Waals surface area contributed by atoms with Crippen LogP contribution in [0.2, 0.25) is 5.02 Å². The molecule has 0 bridgehead atoms. The number of halogens is 2. The minimum Gasteiger partial charge on any atom is -0.314 e. The van der Waals surface area contributed by atoms with Crippen molar-refractivity contribution in [3.63, 3.8) is 0 Å². The Balaban J connectivity index is 2.24. The normalized spacial score (nSPS) is 20.6. The minimum absolute atomic E-state index is 0.0840. The number of piperidine rings is 1. The van der Waals surface area contributed by atoms with Gasteiger partial charge in [-0.05, 0) is 62.4 Å². The van der Waals surface area contributed by atoms with Crippen molar-refractivity contribution in [2.75, 3.05) is 6.54 Å². The van der Waals surface area contributed by atoms with Gasteiger partial charge in [-0.25, -0.2) is 4.39 Å². The van der Waals surface area contributed by atoms with Crippen molar-refractivity contribution in [1.82, 2.24) is 5.32 Å². The van der Waals surface area contributed by atoms with Crippen LogP contribution < -0.4 is 5.32 Å². The van der Waals surface area contributed by atoms with Gasteiger partial charge in [0, 0.05) is 11.1 Å². The molecular weight excluding hydrogens is 237 g/mol. The fourth-order valence-corrected chi connectivity index (χ4v) is 2.77. The SMILES string of the molecule is Cc1cc(Cl)c(C)c(CC2CCCCN2)c1F. The summed E-state index contributed by atoms with van der Waals surface area (Å²) in [4.78, 5) is 0. The van der Waals surface area contributed by atoms with Gasteiger partial charge in [-0.1, -0.05) is 18.0 Å². The lowest BCUT2D eigenvalue weighted by Crippen LogP contribution is -2.36. The van der Waals surface area contributed by atoms with E-state index in [1.54, 1.807) is 13.0 Å². The van der Waals surface area contributed by atoms with E-state index in [1.165, 1.54) is 12.8 Å². The van der Waals surface area contributed by atoms with Gasteiger partial charge in [0.15, 0.2) is 0 Å². The van der Waals surface area contributed by atoms with Crippen molar-refractivity contribution in [1.29, 1.82) is 0 Å². The van der Waals surface area contributed by atoms with Gasteiger partial charge in [0.25, 0.3) is 0 Å². The Kier molecular flexibility index (Phi) is 4.05. The largest absolute Gasteiger partial charge is 0.314 e. The van der Waals surface area contributed by atoms with Crippen LogP contribution >= 0.6 is 11.6 Å². The molecule has 1 aliphatic rings. The summed E-state index contributed by atoms with van der Waals surface area (Å²) in [6.07, 6.45) is 4.34. The molecule has 94 valence electrons. The molecule has 1 aromatic carbocycles. The fraction of sp³-hybridized carbons (Fsp3) is 0.571. The molecule has 1 N–H and O–H groups in total. The molecule has 1 fully saturated rings. The van der Waals surface area contributed by atoms with E-state index < -0.39 is 0 Å². The monoisotopic (exact) mass is 255 g/mol. The molecule has 0 amide bonds. The Hall–Kier alpha value is -0.600. The van der Waals surface area contributed by atoms with Gasteiger partial charge in [0.05, 0.1) is 0 Å². The number of benzene rings is 1. The maximum atomic E-state index is 14.1. The van der Waals surface area contributed by atoms with Gasteiger partial charge < -0.3 is 5.32 Å². The Labute approximate surface area is 107 Å². The third-order valence-electron chi connectivity index (χ3n) is 3.63. The summed E-state index contributed by atoms with van der Waals surface area (Å²) < 4.78 is 14.1. The third-order valence-corrected chi connectivity index (χ3v) is 4.02. The maximum absolute atomic E-state index is 14.1. The molecule has 0 spiro atoms. The summed E-state index contributed by atoms with van der Waals surface area (Å²) in [5.41, 5.74) is 2.32. The second-order valence-electron chi connectivity index (χ2n) is 4.94. The lowest BCUT2D eigenvalue weighted by atomic mass is 9.93. The Morgan fingerprint density at radius 3 is 2.82 bits per heavy atom. The number of aryl methyl sites for hydroxylation is 1. The lowest BCUT2D eigenvalue weighted by molar-refractivity contribution is 0.394. The van der Waals surface area contributed by atoms with E-state index in [-0.39, 0.29) is 5.82 Å². The van der Waals surface area contributed by atoms with Crippen molar-refractivity contribution >= 4 is 11.6 Å². The van der Waals surface area contributed by atoms with Crippen LogP contribution in [-0.4, -0.2) is 12.6 Å². The summed E-state index contributed by atoms with van der Waals surface area (Å²) in [7, 11) is 0. The number of hydrogen-bond acceptors (Lipinski definition) is 1. The van der Waals surface area contributed by atoms with Gasteiger partial charge >= 0.3 is 0 Å². The third kappa shape index (κ3) is 2.80. The van der Waals surface area contributed by atoms with Crippen LogP contribution in [-0.2, 0) is 6.42 Å². The van der Waals surface area contributed by atoms with Gasteiger partial charge in [-0.2, -0.15) is 0 Å². The summed E-state index contributed by atoms with van der Waals surface area (Å²) in [5.74, 6) is -0.0840. The van der Waals surface area contributed by atoms with E-state index in [0.29, 0.717) is 16.6 Å². The highest BCUT2D eigenvalue weighted by Crippen LogP contribution is 2.27. The van der Waals surface area contributed by atoms with Crippen molar-refractivity contribution < 1.29 is 4.39 Å². The predicted molar refractivity (Wildman–Crippen MR) is 70.2 cm³/mol. The summed E-state index contributed by atoms with van der Waals surface area (Å²) in [6.45, 7) is 4.73. The van der Waals surface area contributed by atoms with E-state index >= 15 is 0 Å². The first-order valence-electron chi connectivity index (χ1n) is 6.27. The predicted octanol–water partition coefficient (Wildman–Crippen LogP) is 3.78. The van der Waals surface area contributed by atoms with Crippen molar-refractivity contribution in [3.05, 3.63) is 33.6 Å². The Morgan fingerprint density at radius 1 is 1.41 bits per heavy atom. The fourth-order valence-electron chi connectivity index (χ4n) is 2.50. The Morgan fingerprint density at radius 2 is 2.18 bits per heavy atom. The van der Waals surface area contributed by atoms with Crippen LogP contribution in [0.3, 0.4) is 0 Å². The van der Waals surface area contributed by atoms with E-state index in [1.807, 2.05) is 6.92 Å². The molecule has 3 heteroatoms. The second kappa shape index (κ2) is 5.36. The molecular formula is C14H19ClFN. The van der Waals surface area contributed by atoms with Crippen LogP contribution in [0.25, 0.3) is 0 Å². The van der Waals surface area contributed by atoms with E-state index in [2.05, 4.69) is 5.32 Å².